The van der Waals surface area contributed by atoms with Gasteiger partial charge in [-0.1, -0.05) is 26.0 Å². The highest BCUT2D eigenvalue weighted by Gasteiger charge is 2.21. The van der Waals surface area contributed by atoms with Gasteiger partial charge in [-0.3, -0.25) is 4.79 Å². The first-order chi connectivity index (χ1) is 9.15. The second kappa shape index (κ2) is 6.20. The van der Waals surface area contributed by atoms with Crippen LogP contribution in [0.5, 0.6) is 0 Å². The Morgan fingerprint density at radius 2 is 2.21 bits per heavy atom. The van der Waals surface area contributed by atoms with Gasteiger partial charge in [-0.15, -0.1) is 0 Å². The van der Waals surface area contributed by atoms with Crippen molar-refractivity contribution in [2.45, 2.75) is 52.0 Å². The monoisotopic (exact) mass is 260 g/mol. The number of rotatable bonds is 4. The van der Waals surface area contributed by atoms with Crippen molar-refractivity contribution in [3.63, 3.8) is 0 Å². The second-order valence-corrected chi connectivity index (χ2v) is 5.34. The van der Waals surface area contributed by atoms with Gasteiger partial charge in [0, 0.05) is 24.7 Å². The summed E-state index contributed by atoms with van der Waals surface area (Å²) in [6.45, 7) is 4.89. The molecule has 0 bridgehead atoms. The van der Waals surface area contributed by atoms with E-state index in [1.165, 1.54) is 11.1 Å². The Labute approximate surface area is 115 Å². The normalized spacial score (nSPS) is 16.1. The first-order valence-electron chi connectivity index (χ1n) is 7.33. The van der Waals surface area contributed by atoms with Crippen molar-refractivity contribution in [1.29, 1.82) is 0 Å². The van der Waals surface area contributed by atoms with Crippen molar-refractivity contribution >= 4 is 11.6 Å². The molecule has 0 saturated carbocycles. The lowest BCUT2D eigenvalue weighted by atomic mass is 9.96. The summed E-state index contributed by atoms with van der Waals surface area (Å²) >= 11 is 0. The summed E-state index contributed by atoms with van der Waals surface area (Å²) in [7, 11) is 0. The number of carbonyl (C=O) groups excluding carboxylic acids is 1. The molecule has 3 nitrogen and oxygen atoms in total. The number of benzene rings is 1. The van der Waals surface area contributed by atoms with Gasteiger partial charge in [-0.05, 0) is 42.9 Å². The van der Waals surface area contributed by atoms with Crippen LogP contribution in [0.25, 0.3) is 0 Å². The molecule has 1 unspecified atom stereocenters. The molecule has 2 rings (SSSR count). The third-order valence-electron chi connectivity index (χ3n) is 3.89. The van der Waals surface area contributed by atoms with Crippen LogP contribution in [0.15, 0.2) is 18.2 Å². The molecule has 0 spiro atoms. The van der Waals surface area contributed by atoms with E-state index in [0.29, 0.717) is 6.42 Å². The van der Waals surface area contributed by atoms with Crippen molar-refractivity contribution in [3.8, 4) is 0 Å². The Morgan fingerprint density at radius 3 is 2.89 bits per heavy atom. The maximum absolute atomic E-state index is 11.9. The minimum absolute atomic E-state index is 0.221. The van der Waals surface area contributed by atoms with Crippen LogP contribution in [0, 0.1) is 0 Å². The molecule has 3 heteroatoms. The Bertz CT molecular complexity index is 456. The first kappa shape index (κ1) is 14.1. The molecule has 0 radical (unpaired) electrons. The molecular weight excluding hydrogens is 236 g/mol. The summed E-state index contributed by atoms with van der Waals surface area (Å²) in [5.74, 6) is 0.221. The lowest BCUT2D eigenvalue weighted by molar-refractivity contribution is -0.118. The number of nitrogens with two attached hydrogens (primary N) is 1. The molecule has 1 amide bonds. The molecule has 1 atom stereocenters. The predicted octanol–water partition coefficient (Wildman–Crippen LogP) is 2.66. The van der Waals surface area contributed by atoms with E-state index in [4.69, 9.17) is 5.73 Å². The highest BCUT2D eigenvalue weighted by atomic mass is 16.2. The van der Waals surface area contributed by atoms with Crippen LogP contribution in [-0.2, 0) is 17.6 Å². The van der Waals surface area contributed by atoms with Crippen LogP contribution < -0.4 is 10.6 Å². The third-order valence-corrected chi connectivity index (χ3v) is 3.89. The molecule has 104 valence electrons. The van der Waals surface area contributed by atoms with Crippen molar-refractivity contribution in [2.24, 2.45) is 5.73 Å². The van der Waals surface area contributed by atoms with Gasteiger partial charge >= 0.3 is 0 Å². The molecule has 1 aromatic rings. The highest BCUT2D eigenvalue weighted by Crippen LogP contribution is 2.29. The SMILES string of the molecule is CCC(=O)N1CCCc2cc(CC(N)CC)ccc21. The Kier molecular flexibility index (Phi) is 4.59. The summed E-state index contributed by atoms with van der Waals surface area (Å²) in [6, 6.07) is 6.69. The minimum Gasteiger partial charge on any atom is -0.327 e. The zero-order valence-electron chi connectivity index (χ0n) is 12.0. The van der Waals surface area contributed by atoms with Gasteiger partial charge in [0.1, 0.15) is 0 Å². The summed E-state index contributed by atoms with van der Waals surface area (Å²) in [4.78, 5) is 13.9. The molecule has 1 aromatic carbocycles. The maximum atomic E-state index is 11.9. The fraction of sp³-hybridized carbons (Fsp3) is 0.562. The number of nitrogens with zero attached hydrogens (tertiary/aromatic N) is 1. The maximum Gasteiger partial charge on any atom is 0.226 e. The average molecular weight is 260 g/mol. The molecule has 1 aliphatic heterocycles. The fourth-order valence-corrected chi connectivity index (χ4v) is 2.67. The molecule has 0 fully saturated rings. The van der Waals surface area contributed by atoms with Gasteiger partial charge in [0.05, 0.1) is 0 Å². The van der Waals surface area contributed by atoms with Crippen LogP contribution >= 0.6 is 0 Å². The second-order valence-electron chi connectivity index (χ2n) is 5.34. The van der Waals surface area contributed by atoms with Gasteiger partial charge in [0.15, 0.2) is 0 Å². The van der Waals surface area contributed by atoms with Gasteiger partial charge in [0.25, 0.3) is 0 Å². The predicted molar refractivity (Wildman–Crippen MR) is 79.4 cm³/mol. The van der Waals surface area contributed by atoms with E-state index in [-0.39, 0.29) is 11.9 Å². The van der Waals surface area contributed by atoms with Crippen molar-refractivity contribution < 1.29 is 4.79 Å². The lowest BCUT2D eigenvalue weighted by Crippen LogP contribution is -2.35. The third kappa shape index (κ3) is 3.16. The zero-order valence-corrected chi connectivity index (χ0v) is 12.0. The standard InChI is InChI=1S/C16H24N2O/c1-3-14(17)11-12-7-8-15-13(10-12)6-5-9-18(15)16(19)4-2/h7-8,10,14H,3-6,9,11,17H2,1-2H3. The first-order valence-corrected chi connectivity index (χ1v) is 7.33. The minimum atomic E-state index is 0.221. The van der Waals surface area contributed by atoms with Gasteiger partial charge < -0.3 is 10.6 Å². The van der Waals surface area contributed by atoms with E-state index in [2.05, 4.69) is 25.1 Å². The smallest absolute Gasteiger partial charge is 0.226 e. The summed E-state index contributed by atoms with van der Waals surface area (Å²) in [6.07, 6.45) is 4.62. The number of carbonyl (C=O) groups is 1. The highest BCUT2D eigenvalue weighted by molar-refractivity contribution is 5.94. The largest absolute Gasteiger partial charge is 0.327 e. The molecule has 1 aliphatic rings. The van der Waals surface area contributed by atoms with E-state index in [1.807, 2.05) is 11.8 Å². The molecular formula is C16H24N2O. The van der Waals surface area contributed by atoms with Gasteiger partial charge in [-0.25, -0.2) is 0 Å². The van der Waals surface area contributed by atoms with Crippen LogP contribution in [-0.4, -0.2) is 18.5 Å². The molecule has 0 aromatic heterocycles. The van der Waals surface area contributed by atoms with Crippen LogP contribution in [0.2, 0.25) is 0 Å². The van der Waals surface area contributed by atoms with Crippen molar-refractivity contribution in [2.75, 3.05) is 11.4 Å². The number of anilines is 1. The number of aryl methyl sites for hydroxylation is 1. The number of hydrogen-bond acceptors (Lipinski definition) is 2. The number of fused-ring (bicyclic) bond motifs is 1. The molecule has 2 N–H and O–H groups in total. The Morgan fingerprint density at radius 1 is 1.42 bits per heavy atom. The molecule has 0 aliphatic carbocycles. The molecule has 19 heavy (non-hydrogen) atoms. The van der Waals surface area contributed by atoms with E-state index < -0.39 is 0 Å². The van der Waals surface area contributed by atoms with Gasteiger partial charge in [-0.2, -0.15) is 0 Å². The number of hydrogen-bond donors (Lipinski definition) is 1. The zero-order chi connectivity index (χ0) is 13.8. The fourth-order valence-electron chi connectivity index (χ4n) is 2.67. The van der Waals surface area contributed by atoms with E-state index in [0.717, 1.165) is 37.9 Å². The lowest BCUT2D eigenvalue weighted by Gasteiger charge is -2.30. The summed E-state index contributed by atoms with van der Waals surface area (Å²) in [5.41, 5.74) is 9.71. The van der Waals surface area contributed by atoms with E-state index in [9.17, 15) is 4.79 Å². The van der Waals surface area contributed by atoms with Gasteiger partial charge in [0.2, 0.25) is 5.91 Å². The van der Waals surface area contributed by atoms with E-state index >= 15 is 0 Å². The van der Waals surface area contributed by atoms with Crippen molar-refractivity contribution in [3.05, 3.63) is 29.3 Å². The van der Waals surface area contributed by atoms with E-state index in [1.54, 1.807) is 0 Å². The summed E-state index contributed by atoms with van der Waals surface area (Å²) < 4.78 is 0. The molecule has 0 saturated heterocycles. The Hall–Kier alpha value is -1.35. The average Bonchev–Trinajstić information content (AvgIpc) is 2.45. The van der Waals surface area contributed by atoms with Crippen LogP contribution in [0.3, 0.4) is 0 Å². The quantitative estimate of drug-likeness (QED) is 0.904. The number of amides is 1. The van der Waals surface area contributed by atoms with Crippen LogP contribution in [0.1, 0.15) is 44.2 Å². The summed E-state index contributed by atoms with van der Waals surface area (Å²) in [5, 5.41) is 0. The van der Waals surface area contributed by atoms with Crippen LogP contribution in [0.4, 0.5) is 5.69 Å². The molecule has 1 heterocycles. The van der Waals surface area contributed by atoms with Crippen molar-refractivity contribution in [1.82, 2.24) is 0 Å². The topological polar surface area (TPSA) is 46.3 Å². The Balaban J connectivity index is 2.23.